The van der Waals surface area contributed by atoms with Gasteiger partial charge in [-0.25, -0.2) is 4.79 Å². The number of nitrogen functional groups attached to an aromatic ring is 1. The first kappa shape index (κ1) is 12.8. The summed E-state index contributed by atoms with van der Waals surface area (Å²) in [5.41, 5.74) is 8.36. The molecule has 2 fully saturated rings. The Kier molecular flexibility index (Phi) is 2.96. The molecule has 0 spiro atoms. The summed E-state index contributed by atoms with van der Waals surface area (Å²) in [7, 11) is 1.40. The summed E-state index contributed by atoms with van der Waals surface area (Å²) in [5.74, 6) is 0.208. The maximum absolute atomic E-state index is 11.7. The lowest BCUT2D eigenvalue weighted by Crippen LogP contribution is -2.11. The molecule has 1 aromatic rings. The van der Waals surface area contributed by atoms with E-state index in [0.29, 0.717) is 21.9 Å². The average Bonchev–Trinajstić information content (AvgIpc) is 3.30. The number of carbonyl (C=O) groups is 1. The van der Waals surface area contributed by atoms with E-state index < -0.39 is 0 Å². The van der Waals surface area contributed by atoms with E-state index >= 15 is 0 Å². The minimum absolute atomic E-state index is 0.324. The second-order valence-corrected chi connectivity index (χ2v) is 7.04. The summed E-state index contributed by atoms with van der Waals surface area (Å²) in [6.45, 7) is 3.25. The summed E-state index contributed by atoms with van der Waals surface area (Å²) in [5, 5.41) is 4.59. The number of hydrogen-bond donors (Lipinski definition) is 2. The SMILES string of the molecule is COC(=O)c1sc(NCC2(C)CC2)c(C2CC2)c1N. The quantitative estimate of drug-likeness (QED) is 0.813. The molecule has 0 aliphatic heterocycles. The molecule has 4 nitrogen and oxygen atoms in total. The first-order chi connectivity index (χ1) is 9.04. The predicted molar refractivity (Wildman–Crippen MR) is 77.9 cm³/mol. The molecule has 2 aliphatic rings. The van der Waals surface area contributed by atoms with Crippen LogP contribution in [-0.4, -0.2) is 19.6 Å². The highest BCUT2D eigenvalue weighted by Gasteiger charge is 2.38. The van der Waals surface area contributed by atoms with Crippen molar-refractivity contribution in [3.05, 3.63) is 10.4 Å². The van der Waals surface area contributed by atoms with Gasteiger partial charge in [0.1, 0.15) is 4.88 Å². The van der Waals surface area contributed by atoms with E-state index in [-0.39, 0.29) is 5.97 Å². The molecule has 2 aliphatic carbocycles. The van der Waals surface area contributed by atoms with Crippen molar-refractivity contribution < 1.29 is 9.53 Å². The molecule has 104 valence electrons. The maximum atomic E-state index is 11.7. The summed E-state index contributed by atoms with van der Waals surface area (Å²) in [6.07, 6.45) is 4.91. The zero-order chi connectivity index (χ0) is 13.6. The fraction of sp³-hybridized carbons (Fsp3) is 0.643. The molecule has 2 saturated carbocycles. The molecule has 0 saturated heterocycles. The van der Waals surface area contributed by atoms with Gasteiger partial charge < -0.3 is 15.8 Å². The average molecular weight is 280 g/mol. The zero-order valence-electron chi connectivity index (χ0n) is 11.4. The second-order valence-electron chi connectivity index (χ2n) is 6.02. The van der Waals surface area contributed by atoms with Crippen LogP contribution >= 0.6 is 11.3 Å². The van der Waals surface area contributed by atoms with Crippen LogP contribution in [0.15, 0.2) is 0 Å². The van der Waals surface area contributed by atoms with Gasteiger partial charge in [0.05, 0.1) is 17.8 Å². The number of methoxy groups -OCH3 is 1. The largest absolute Gasteiger partial charge is 0.465 e. The van der Waals surface area contributed by atoms with Crippen molar-refractivity contribution in [2.24, 2.45) is 5.41 Å². The number of nitrogens with one attached hydrogen (secondary N) is 1. The third-order valence-corrected chi connectivity index (χ3v) is 5.28. The molecular formula is C14H20N2O2S. The number of rotatable bonds is 5. The fourth-order valence-electron chi connectivity index (χ4n) is 2.29. The number of hydrogen-bond acceptors (Lipinski definition) is 5. The van der Waals surface area contributed by atoms with E-state index in [1.54, 1.807) is 0 Å². The van der Waals surface area contributed by atoms with Crippen molar-refractivity contribution in [2.45, 2.75) is 38.5 Å². The Morgan fingerprint density at radius 1 is 1.53 bits per heavy atom. The Hall–Kier alpha value is -1.23. The topological polar surface area (TPSA) is 64.3 Å². The van der Waals surface area contributed by atoms with Crippen LogP contribution in [0.3, 0.4) is 0 Å². The zero-order valence-corrected chi connectivity index (χ0v) is 12.2. The Labute approximate surface area is 117 Å². The van der Waals surface area contributed by atoms with Gasteiger partial charge in [0.15, 0.2) is 0 Å². The smallest absolute Gasteiger partial charge is 0.350 e. The molecule has 0 atom stereocenters. The molecule has 19 heavy (non-hydrogen) atoms. The van der Waals surface area contributed by atoms with Crippen LogP contribution in [0.4, 0.5) is 10.7 Å². The van der Waals surface area contributed by atoms with E-state index in [4.69, 9.17) is 10.5 Å². The van der Waals surface area contributed by atoms with Crippen LogP contribution in [0.5, 0.6) is 0 Å². The number of ether oxygens (including phenoxy) is 1. The molecule has 0 bridgehead atoms. The molecule has 5 heteroatoms. The van der Waals surface area contributed by atoms with Crippen LogP contribution < -0.4 is 11.1 Å². The number of nitrogens with two attached hydrogens (primary N) is 1. The first-order valence-corrected chi connectivity index (χ1v) is 7.60. The fourth-order valence-corrected chi connectivity index (χ4v) is 3.42. The van der Waals surface area contributed by atoms with E-state index in [2.05, 4.69) is 12.2 Å². The molecule has 1 heterocycles. The summed E-state index contributed by atoms with van der Waals surface area (Å²) < 4.78 is 4.81. The van der Waals surface area contributed by atoms with Gasteiger partial charge in [-0.05, 0) is 37.0 Å². The number of esters is 1. The highest BCUT2D eigenvalue weighted by atomic mass is 32.1. The molecule has 0 unspecified atom stereocenters. The van der Waals surface area contributed by atoms with Crippen molar-refractivity contribution in [2.75, 3.05) is 24.7 Å². The minimum atomic E-state index is -0.324. The molecule has 3 rings (SSSR count). The minimum Gasteiger partial charge on any atom is -0.465 e. The van der Waals surface area contributed by atoms with Crippen molar-refractivity contribution in [3.8, 4) is 0 Å². The van der Waals surface area contributed by atoms with E-state index in [0.717, 1.165) is 17.1 Å². The van der Waals surface area contributed by atoms with Crippen molar-refractivity contribution in [1.82, 2.24) is 0 Å². The first-order valence-electron chi connectivity index (χ1n) is 6.78. The highest BCUT2D eigenvalue weighted by molar-refractivity contribution is 7.18. The molecular weight excluding hydrogens is 260 g/mol. The third-order valence-electron chi connectivity index (χ3n) is 4.12. The Balaban J connectivity index is 1.86. The lowest BCUT2D eigenvalue weighted by molar-refractivity contribution is 0.0607. The van der Waals surface area contributed by atoms with Crippen LogP contribution in [0, 0.1) is 5.41 Å². The second kappa shape index (κ2) is 4.40. The molecule has 1 aromatic heterocycles. The van der Waals surface area contributed by atoms with E-state index in [9.17, 15) is 4.79 Å². The van der Waals surface area contributed by atoms with Crippen molar-refractivity contribution >= 4 is 28.0 Å². The summed E-state index contributed by atoms with van der Waals surface area (Å²) in [4.78, 5) is 12.3. The lowest BCUT2D eigenvalue weighted by Gasteiger charge is -2.11. The predicted octanol–water partition coefficient (Wildman–Crippen LogP) is 3.21. The number of anilines is 2. The maximum Gasteiger partial charge on any atom is 0.350 e. The van der Waals surface area contributed by atoms with Crippen LogP contribution in [0.1, 0.15) is 53.8 Å². The summed E-state index contributed by atoms with van der Waals surface area (Å²) in [6, 6.07) is 0. The molecule has 0 aromatic carbocycles. The summed E-state index contributed by atoms with van der Waals surface area (Å²) >= 11 is 1.44. The third kappa shape index (κ3) is 2.43. The van der Waals surface area contributed by atoms with Crippen LogP contribution in [0.2, 0.25) is 0 Å². The number of thiophene rings is 1. The van der Waals surface area contributed by atoms with Gasteiger partial charge in [-0.1, -0.05) is 6.92 Å². The molecule has 0 amide bonds. The Bertz CT molecular complexity index is 516. The lowest BCUT2D eigenvalue weighted by atomic mass is 10.1. The molecule has 0 radical (unpaired) electrons. The van der Waals surface area contributed by atoms with Crippen LogP contribution in [-0.2, 0) is 4.74 Å². The monoisotopic (exact) mass is 280 g/mol. The van der Waals surface area contributed by atoms with Gasteiger partial charge in [0.2, 0.25) is 0 Å². The Morgan fingerprint density at radius 3 is 2.74 bits per heavy atom. The van der Waals surface area contributed by atoms with Crippen LogP contribution in [0.25, 0.3) is 0 Å². The molecule has 3 N–H and O–H groups in total. The van der Waals surface area contributed by atoms with Gasteiger partial charge in [-0.2, -0.15) is 0 Å². The van der Waals surface area contributed by atoms with E-state index in [1.807, 2.05) is 0 Å². The van der Waals surface area contributed by atoms with Crippen molar-refractivity contribution in [1.29, 1.82) is 0 Å². The normalized spacial score (nSPS) is 20.1. The van der Waals surface area contributed by atoms with Gasteiger partial charge in [-0.3, -0.25) is 0 Å². The van der Waals surface area contributed by atoms with Gasteiger partial charge in [0.25, 0.3) is 0 Å². The van der Waals surface area contributed by atoms with Gasteiger partial charge >= 0.3 is 5.97 Å². The standard InChI is InChI=1S/C14H20N2O2S/c1-14(5-6-14)7-16-12-9(8-3-4-8)10(15)11(19-12)13(17)18-2/h8,16H,3-7,15H2,1-2H3. The highest BCUT2D eigenvalue weighted by Crippen LogP contribution is 2.52. The van der Waals surface area contributed by atoms with Gasteiger partial charge in [0, 0.05) is 12.1 Å². The van der Waals surface area contributed by atoms with E-state index in [1.165, 1.54) is 44.1 Å². The van der Waals surface area contributed by atoms with Gasteiger partial charge in [-0.15, -0.1) is 11.3 Å². The van der Waals surface area contributed by atoms with Crippen molar-refractivity contribution in [3.63, 3.8) is 0 Å². The Morgan fingerprint density at radius 2 is 2.21 bits per heavy atom. The number of carbonyl (C=O) groups excluding carboxylic acids is 1.